The Hall–Kier alpha value is -3.49. The Morgan fingerprint density at radius 2 is 1.22 bits per heavy atom. The molecular formula is C28H22N2OZn. The quantitative estimate of drug-likeness (QED) is 0.292. The average Bonchev–Trinajstić information content (AvgIpc) is 3.21. The van der Waals surface area contributed by atoms with Gasteiger partial charge < -0.3 is 5.11 Å². The number of hydrogen-bond donors (Lipinski definition) is 1. The Balaban J connectivity index is 0.00000245. The van der Waals surface area contributed by atoms with E-state index in [1.807, 2.05) is 66.7 Å². The van der Waals surface area contributed by atoms with Crippen LogP contribution in [0.2, 0.25) is 0 Å². The van der Waals surface area contributed by atoms with Crippen molar-refractivity contribution in [1.82, 2.24) is 9.55 Å². The third-order valence-corrected chi connectivity index (χ3v) is 5.47. The van der Waals surface area contributed by atoms with Gasteiger partial charge in [0.15, 0.2) is 0 Å². The fourth-order valence-corrected chi connectivity index (χ4v) is 3.97. The first-order valence-corrected chi connectivity index (χ1v) is 10.3. The summed E-state index contributed by atoms with van der Waals surface area (Å²) in [5.41, 5.74) is 6.85. The molecule has 4 aromatic carbocycles. The van der Waals surface area contributed by atoms with Crippen LogP contribution in [0, 0.1) is 6.92 Å². The normalized spacial score (nSPS) is 10.5. The number of nitrogens with zero attached hydrogens (tertiary/aromatic N) is 2. The predicted molar refractivity (Wildman–Crippen MR) is 126 cm³/mol. The molecule has 32 heavy (non-hydrogen) atoms. The second-order valence-electron chi connectivity index (χ2n) is 7.50. The van der Waals surface area contributed by atoms with Crippen LogP contribution in [0.4, 0.5) is 0 Å². The van der Waals surface area contributed by atoms with E-state index in [4.69, 9.17) is 4.98 Å². The molecule has 3 nitrogen and oxygen atoms in total. The first-order valence-electron chi connectivity index (χ1n) is 10.3. The predicted octanol–water partition coefficient (Wildman–Crippen LogP) is 6.88. The van der Waals surface area contributed by atoms with E-state index >= 15 is 0 Å². The molecule has 5 rings (SSSR count). The second-order valence-corrected chi connectivity index (χ2v) is 7.50. The molecule has 0 spiro atoms. The van der Waals surface area contributed by atoms with E-state index in [9.17, 15) is 5.11 Å². The molecule has 0 aliphatic rings. The van der Waals surface area contributed by atoms with Crippen LogP contribution in [-0.2, 0) is 19.5 Å². The minimum absolute atomic E-state index is 0. The molecule has 4 heteroatoms. The summed E-state index contributed by atoms with van der Waals surface area (Å²) in [6, 6.07) is 36.2. The summed E-state index contributed by atoms with van der Waals surface area (Å²) >= 11 is 0. The molecule has 0 aliphatic carbocycles. The molecule has 5 aromatic rings. The zero-order valence-electron chi connectivity index (χ0n) is 17.9. The largest absolute Gasteiger partial charge is 0.507 e. The molecule has 0 radical (unpaired) electrons. The monoisotopic (exact) mass is 466 g/mol. The van der Waals surface area contributed by atoms with Crippen LogP contribution in [0.5, 0.6) is 5.75 Å². The molecular weight excluding hydrogens is 446 g/mol. The summed E-state index contributed by atoms with van der Waals surface area (Å²) in [6.45, 7) is 2.10. The third kappa shape index (κ3) is 3.90. The van der Waals surface area contributed by atoms with Gasteiger partial charge >= 0.3 is 0 Å². The maximum atomic E-state index is 10.7. The number of hydrogen-bond acceptors (Lipinski definition) is 2. The van der Waals surface area contributed by atoms with E-state index in [1.165, 1.54) is 0 Å². The van der Waals surface area contributed by atoms with Crippen molar-refractivity contribution in [3.8, 4) is 45.3 Å². The van der Waals surface area contributed by atoms with E-state index in [0.29, 0.717) is 11.4 Å². The minimum atomic E-state index is 0. The van der Waals surface area contributed by atoms with Gasteiger partial charge in [0.05, 0.1) is 22.6 Å². The van der Waals surface area contributed by atoms with Crippen LogP contribution in [0.15, 0.2) is 109 Å². The van der Waals surface area contributed by atoms with Crippen molar-refractivity contribution < 1.29 is 24.6 Å². The smallest absolute Gasteiger partial charge is 0.149 e. The van der Waals surface area contributed by atoms with E-state index in [0.717, 1.165) is 33.8 Å². The molecule has 0 aliphatic heterocycles. The zero-order chi connectivity index (χ0) is 21.2. The van der Waals surface area contributed by atoms with Gasteiger partial charge in [0.25, 0.3) is 0 Å². The van der Waals surface area contributed by atoms with Crippen LogP contribution in [0.3, 0.4) is 0 Å². The Morgan fingerprint density at radius 3 is 1.88 bits per heavy atom. The van der Waals surface area contributed by atoms with Crippen molar-refractivity contribution in [1.29, 1.82) is 0 Å². The SMILES string of the molecule is Cc1ccccc1-n1c(-c2ccccc2O)nc(-c2ccccc2)c1-c1ccccc1.[Zn]. The molecule has 0 saturated heterocycles. The molecule has 1 N–H and O–H groups in total. The number of aromatic hydroxyl groups is 1. The maximum Gasteiger partial charge on any atom is 0.149 e. The number of aromatic nitrogens is 2. The van der Waals surface area contributed by atoms with Crippen LogP contribution < -0.4 is 0 Å². The Labute approximate surface area is 200 Å². The van der Waals surface area contributed by atoms with E-state index in [-0.39, 0.29) is 25.2 Å². The fraction of sp³-hybridized carbons (Fsp3) is 0.0357. The topological polar surface area (TPSA) is 38.0 Å². The van der Waals surface area contributed by atoms with E-state index in [2.05, 4.69) is 47.9 Å². The number of benzene rings is 4. The number of aryl methyl sites for hydroxylation is 1. The van der Waals surface area contributed by atoms with Gasteiger partial charge in [0.1, 0.15) is 11.6 Å². The molecule has 0 saturated carbocycles. The number of phenolic OH excluding ortho intramolecular Hbond substituents is 1. The van der Waals surface area contributed by atoms with Crippen LogP contribution in [0.25, 0.3) is 39.6 Å². The van der Waals surface area contributed by atoms with E-state index in [1.54, 1.807) is 6.07 Å². The summed E-state index contributed by atoms with van der Waals surface area (Å²) in [6.07, 6.45) is 0. The van der Waals surface area contributed by atoms with Crippen LogP contribution >= 0.6 is 0 Å². The third-order valence-electron chi connectivity index (χ3n) is 5.47. The van der Waals surface area contributed by atoms with Gasteiger partial charge in [-0.15, -0.1) is 0 Å². The minimum Gasteiger partial charge on any atom is -0.507 e. The molecule has 0 amide bonds. The molecule has 0 bridgehead atoms. The first kappa shape index (κ1) is 21.7. The van der Waals surface area contributed by atoms with Crippen molar-refractivity contribution in [3.05, 3.63) is 115 Å². The molecule has 0 unspecified atom stereocenters. The number of rotatable bonds is 4. The van der Waals surface area contributed by atoms with Gasteiger partial charge in [0.2, 0.25) is 0 Å². The number of para-hydroxylation sites is 2. The molecule has 0 fully saturated rings. The van der Waals surface area contributed by atoms with Gasteiger partial charge in [-0.25, -0.2) is 4.98 Å². The second kappa shape index (κ2) is 9.34. The van der Waals surface area contributed by atoms with Gasteiger partial charge in [-0.2, -0.15) is 0 Å². The number of imidazole rings is 1. The summed E-state index contributed by atoms with van der Waals surface area (Å²) in [4.78, 5) is 5.11. The molecule has 1 heterocycles. The summed E-state index contributed by atoms with van der Waals surface area (Å²) in [5.74, 6) is 0.923. The van der Waals surface area contributed by atoms with Gasteiger partial charge in [-0.3, -0.25) is 4.57 Å². The van der Waals surface area contributed by atoms with Crippen molar-refractivity contribution in [2.24, 2.45) is 0 Å². The zero-order valence-corrected chi connectivity index (χ0v) is 20.9. The van der Waals surface area contributed by atoms with Gasteiger partial charge in [-0.05, 0) is 30.7 Å². The van der Waals surface area contributed by atoms with Gasteiger partial charge in [0, 0.05) is 30.6 Å². The van der Waals surface area contributed by atoms with Crippen molar-refractivity contribution in [3.63, 3.8) is 0 Å². The van der Waals surface area contributed by atoms with Crippen LogP contribution in [0.1, 0.15) is 5.56 Å². The first-order chi connectivity index (χ1) is 15.2. The standard InChI is InChI=1S/C28H22N2O.Zn/c1-20-12-8-10-18-24(20)30-27(22-15-6-3-7-16-22)26(21-13-4-2-5-14-21)29-28(30)23-17-9-11-19-25(23)31;/h2-19,31H,1H3;. The Bertz CT molecular complexity index is 1340. The van der Waals surface area contributed by atoms with Gasteiger partial charge in [-0.1, -0.05) is 91.0 Å². The molecule has 1 aromatic heterocycles. The Kier molecular flexibility index (Phi) is 6.34. The Morgan fingerprint density at radius 1 is 0.656 bits per heavy atom. The van der Waals surface area contributed by atoms with Crippen molar-refractivity contribution >= 4 is 0 Å². The summed E-state index contributed by atoms with van der Waals surface area (Å²) in [5, 5.41) is 10.7. The molecule has 152 valence electrons. The van der Waals surface area contributed by atoms with Crippen molar-refractivity contribution in [2.75, 3.05) is 0 Å². The summed E-state index contributed by atoms with van der Waals surface area (Å²) in [7, 11) is 0. The van der Waals surface area contributed by atoms with E-state index < -0.39 is 0 Å². The summed E-state index contributed by atoms with van der Waals surface area (Å²) < 4.78 is 2.17. The molecule has 0 atom stereocenters. The average molecular weight is 468 g/mol. The maximum absolute atomic E-state index is 10.7. The fourth-order valence-electron chi connectivity index (χ4n) is 3.97. The van der Waals surface area contributed by atoms with Crippen molar-refractivity contribution in [2.45, 2.75) is 6.92 Å². The number of phenols is 1. The van der Waals surface area contributed by atoms with Crippen LogP contribution in [-0.4, -0.2) is 14.7 Å².